The molecule has 0 aromatic heterocycles. The number of amides is 1. The SMILES string of the molecule is COc1ccc(C(=O)Oc2ccc(/C=C(\C#N)C(=O)Nc3ccc4ccccc4c3)cc2)cc1. The van der Waals surface area contributed by atoms with Gasteiger partial charge in [-0.05, 0) is 70.9 Å². The van der Waals surface area contributed by atoms with Crippen LogP contribution in [0.5, 0.6) is 11.5 Å². The van der Waals surface area contributed by atoms with Crippen LogP contribution >= 0.6 is 0 Å². The van der Waals surface area contributed by atoms with Gasteiger partial charge in [-0.3, -0.25) is 4.79 Å². The smallest absolute Gasteiger partial charge is 0.343 e. The van der Waals surface area contributed by atoms with Crippen molar-refractivity contribution >= 4 is 34.4 Å². The molecular formula is C28H20N2O4. The number of anilines is 1. The summed E-state index contributed by atoms with van der Waals surface area (Å²) in [4.78, 5) is 24.9. The number of ether oxygens (including phenoxy) is 2. The lowest BCUT2D eigenvalue weighted by Crippen LogP contribution is -2.13. The number of nitrogens with zero attached hydrogens (tertiary/aromatic N) is 1. The second-order valence-corrected chi connectivity index (χ2v) is 7.37. The maximum atomic E-state index is 12.6. The Morgan fingerprint density at radius 2 is 1.53 bits per heavy atom. The summed E-state index contributed by atoms with van der Waals surface area (Å²) in [5, 5.41) is 14.3. The van der Waals surface area contributed by atoms with E-state index in [-0.39, 0.29) is 5.57 Å². The summed E-state index contributed by atoms with van der Waals surface area (Å²) in [6.45, 7) is 0. The molecule has 1 amide bonds. The largest absolute Gasteiger partial charge is 0.497 e. The Morgan fingerprint density at radius 1 is 0.853 bits per heavy atom. The van der Waals surface area contributed by atoms with Gasteiger partial charge in [0, 0.05) is 5.69 Å². The quantitative estimate of drug-likeness (QED) is 0.179. The number of nitrogens with one attached hydrogen (secondary N) is 1. The van der Waals surface area contributed by atoms with Crippen LogP contribution in [0.3, 0.4) is 0 Å². The van der Waals surface area contributed by atoms with E-state index in [0.29, 0.717) is 28.3 Å². The highest BCUT2D eigenvalue weighted by molar-refractivity contribution is 6.10. The van der Waals surface area contributed by atoms with Gasteiger partial charge in [-0.1, -0.05) is 42.5 Å². The number of carbonyl (C=O) groups is 2. The Labute approximate surface area is 196 Å². The van der Waals surface area contributed by atoms with Crippen LogP contribution in [-0.2, 0) is 4.79 Å². The Hall–Kier alpha value is -4.89. The zero-order chi connectivity index (χ0) is 23.9. The standard InChI is InChI=1S/C28H20N2O4/c1-33-25-14-9-21(10-15-25)28(32)34-26-12-6-19(7-13-26)16-23(18-29)27(31)30-24-11-8-20-4-2-3-5-22(20)17-24/h2-17H,1H3,(H,30,31)/b23-16+. The van der Waals surface area contributed by atoms with Crippen molar-refractivity contribution in [1.82, 2.24) is 0 Å². The van der Waals surface area contributed by atoms with Crippen molar-refractivity contribution in [3.63, 3.8) is 0 Å². The van der Waals surface area contributed by atoms with Gasteiger partial charge >= 0.3 is 5.97 Å². The highest BCUT2D eigenvalue weighted by atomic mass is 16.5. The summed E-state index contributed by atoms with van der Waals surface area (Å²) in [5.41, 5.74) is 1.57. The van der Waals surface area contributed by atoms with Crippen LogP contribution in [0.15, 0.2) is 96.6 Å². The summed E-state index contributed by atoms with van der Waals surface area (Å²) in [6.07, 6.45) is 1.48. The van der Waals surface area contributed by atoms with E-state index in [1.165, 1.54) is 6.08 Å². The first-order valence-corrected chi connectivity index (χ1v) is 10.4. The van der Waals surface area contributed by atoms with Gasteiger partial charge < -0.3 is 14.8 Å². The summed E-state index contributed by atoms with van der Waals surface area (Å²) in [7, 11) is 1.55. The molecule has 1 N–H and O–H groups in total. The van der Waals surface area contributed by atoms with E-state index < -0.39 is 11.9 Å². The molecule has 0 unspecified atom stereocenters. The molecule has 0 aliphatic rings. The third kappa shape index (κ3) is 5.29. The molecular weight excluding hydrogens is 428 g/mol. The predicted molar refractivity (Wildman–Crippen MR) is 131 cm³/mol. The van der Waals surface area contributed by atoms with Gasteiger partial charge in [0.2, 0.25) is 0 Å². The van der Waals surface area contributed by atoms with E-state index in [1.807, 2.05) is 42.5 Å². The first-order valence-electron chi connectivity index (χ1n) is 10.4. The lowest BCUT2D eigenvalue weighted by Gasteiger charge is -2.07. The fourth-order valence-electron chi connectivity index (χ4n) is 3.31. The van der Waals surface area contributed by atoms with E-state index in [2.05, 4.69) is 5.32 Å². The number of hydrogen-bond donors (Lipinski definition) is 1. The molecule has 0 radical (unpaired) electrons. The molecule has 0 heterocycles. The van der Waals surface area contributed by atoms with Crippen LogP contribution in [0.25, 0.3) is 16.8 Å². The average Bonchev–Trinajstić information content (AvgIpc) is 2.88. The van der Waals surface area contributed by atoms with Crippen LogP contribution < -0.4 is 14.8 Å². The third-order valence-corrected chi connectivity index (χ3v) is 5.10. The second kappa shape index (κ2) is 10.2. The van der Waals surface area contributed by atoms with Crippen molar-refractivity contribution in [3.8, 4) is 17.6 Å². The van der Waals surface area contributed by atoms with Crippen molar-refractivity contribution < 1.29 is 19.1 Å². The topological polar surface area (TPSA) is 88.4 Å². The molecule has 4 rings (SSSR count). The Morgan fingerprint density at radius 3 is 2.21 bits per heavy atom. The van der Waals surface area contributed by atoms with Gasteiger partial charge in [0.05, 0.1) is 12.7 Å². The molecule has 0 aliphatic carbocycles. The maximum Gasteiger partial charge on any atom is 0.343 e. The number of nitriles is 1. The maximum absolute atomic E-state index is 12.6. The van der Waals surface area contributed by atoms with Crippen molar-refractivity contribution in [2.75, 3.05) is 12.4 Å². The minimum atomic E-state index is -0.507. The average molecular weight is 448 g/mol. The van der Waals surface area contributed by atoms with Crippen LogP contribution in [0.1, 0.15) is 15.9 Å². The minimum absolute atomic E-state index is 0.0452. The van der Waals surface area contributed by atoms with Gasteiger partial charge in [0.25, 0.3) is 5.91 Å². The third-order valence-electron chi connectivity index (χ3n) is 5.10. The molecule has 0 saturated heterocycles. The molecule has 166 valence electrons. The number of rotatable bonds is 6. The van der Waals surface area contributed by atoms with Gasteiger partial charge in [-0.15, -0.1) is 0 Å². The van der Waals surface area contributed by atoms with Crippen LogP contribution in [-0.4, -0.2) is 19.0 Å². The zero-order valence-corrected chi connectivity index (χ0v) is 18.3. The predicted octanol–water partition coefficient (Wildman–Crippen LogP) is 5.61. The Kier molecular flexibility index (Phi) is 6.66. The minimum Gasteiger partial charge on any atom is -0.497 e. The number of fused-ring (bicyclic) bond motifs is 1. The first-order chi connectivity index (χ1) is 16.6. The summed E-state index contributed by atoms with van der Waals surface area (Å²) < 4.78 is 10.5. The van der Waals surface area contributed by atoms with Gasteiger partial charge in [-0.2, -0.15) is 5.26 Å². The molecule has 0 bridgehead atoms. The number of benzene rings is 4. The lowest BCUT2D eigenvalue weighted by atomic mass is 10.1. The Balaban J connectivity index is 1.43. The molecule has 34 heavy (non-hydrogen) atoms. The molecule has 0 aliphatic heterocycles. The first kappa shape index (κ1) is 22.3. The molecule has 4 aromatic rings. The van der Waals surface area contributed by atoms with E-state index in [4.69, 9.17) is 9.47 Å². The van der Waals surface area contributed by atoms with Crippen molar-refractivity contribution in [3.05, 3.63) is 108 Å². The summed E-state index contributed by atoms with van der Waals surface area (Å²) >= 11 is 0. The normalized spacial score (nSPS) is 10.9. The lowest BCUT2D eigenvalue weighted by molar-refractivity contribution is -0.112. The summed E-state index contributed by atoms with van der Waals surface area (Å²) in [5.74, 6) is -0.0195. The number of esters is 1. The van der Waals surface area contributed by atoms with Crippen molar-refractivity contribution in [2.45, 2.75) is 0 Å². The molecule has 6 heteroatoms. The Bertz CT molecular complexity index is 1420. The second-order valence-electron chi connectivity index (χ2n) is 7.37. The van der Waals surface area contributed by atoms with Gasteiger partial charge in [0.15, 0.2) is 0 Å². The highest BCUT2D eigenvalue weighted by Gasteiger charge is 2.11. The van der Waals surface area contributed by atoms with Crippen LogP contribution in [0.2, 0.25) is 0 Å². The fraction of sp³-hybridized carbons (Fsp3) is 0.0357. The molecule has 6 nitrogen and oxygen atoms in total. The molecule has 0 atom stereocenters. The highest BCUT2D eigenvalue weighted by Crippen LogP contribution is 2.21. The van der Waals surface area contributed by atoms with E-state index in [0.717, 1.165) is 10.8 Å². The molecule has 4 aromatic carbocycles. The molecule has 0 spiro atoms. The van der Waals surface area contributed by atoms with Crippen molar-refractivity contribution in [1.29, 1.82) is 5.26 Å². The van der Waals surface area contributed by atoms with Crippen LogP contribution in [0, 0.1) is 11.3 Å². The van der Waals surface area contributed by atoms with Gasteiger partial charge in [-0.25, -0.2) is 4.79 Å². The number of methoxy groups -OCH3 is 1. The van der Waals surface area contributed by atoms with E-state index in [9.17, 15) is 14.9 Å². The summed E-state index contributed by atoms with van der Waals surface area (Å²) in [6, 6.07) is 28.4. The zero-order valence-electron chi connectivity index (χ0n) is 18.3. The molecule has 0 fully saturated rings. The van der Waals surface area contributed by atoms with Gasteiger partial charge in [0.1, 0.15) is 23.1 Å². The molecule has 0 saturated carbocycles. The monoisotopic (exact) mass is 448 g/mol. The number of carbonyl (C=O) groups excluding carboxylic acids is 2. The van der Waals surface area contributed by atoms with Crippen molar-refractivity contribution in [2.24, 2.45) is 0 Å². The number of hydrogen-bond acceptors (Lipinski definition) is 5. The van der Waals surface area contributed by atoms with E-state index >= 15 is 0 Å². The fourth-order valence-corrected chi connectivity index (χ4v) is 3.31. The van der Waals surface area contributed by atoms with E-state index in [1.54, 1.807) is 61.7 Å². The van der Waals surface area contributed by atoms with Crippen LogP contribution in [0.4, 0.5) is 5.69 Å².